The molecule has 4 aromatic carbocycles. The molecule has 6 aliphatic rings. The molecule has 0 amide bonds. The Balaban J connectivity index is 0.000000157. The summed E-state index contributed by atoms with van der Waals surface area (Å²) in [5, 5.41) is 22.9. The van der Waals surface area contributed by atoms with E-state index >= 15 is 0 Å². The third-order valence-corrected chi connectivity index (χ3v) is 11.0. The maximum absolute atomic E-state index is 13.1. The van der Waals surface area contributed by atoms with Crippen molar-refractivity contribution in [1.29, 1.82) is 0 Å². The number of hydrogen-bond donors (Lipinski definition) is 2. The summed E-state index contributed by atoms with van der Waals surface area (Å²) in [4.78, 5) is 30.7. The van der Waals surface area contributed by atoms with Gasteiger partial charge in [-0.2, -0.15) is 0 Å². The molecule has 2 unspecified atom stereocenters. The molecular formula is C42H46N2O6. The summed E-state index contributed by atoms with van der Waals surface area (Å²) in [5.41, 5.74) is -1.46. The lowest BCUT2D eigenvalue weighted by Gasteiger charge is -2.45. The molecule has 8 nitrogen and oxygen atoms in total. The normalized spacial score (nSPS) is 25.6. The third-order valence-electron chi connectivity index (χ3n) is 11.0. The zero-order valence-electron chi connectivity index (χ0n) is 28.3. The maximum Gasteiger partial charge on any atom is 0.349 e. The second-order valence-electron chi connectivity index (χ2n) is 14.0. The van der Waals surface area contributed by atoms with Crippen LogP contribution in [0.2, 0.25) is 0 Å². The van der Waals surface area contributed by atoms with Gasteiger partial charge in [0.1, 0.15) is 0 Å². The standard InChI is InChI=1S/2C21H23NO3/c2*23-20(25-19-15-16-11-13-22(19)14-12-16)21(24,17-7-3-1-4-8-17)18-9-5-2-6-10-18/h2*1-10,16,19,24H,11-15H2. The summed E-state index contributed by atoms with van der Waals surface area (Å²) in [6.45, 7) is 3.88. The SMILES string of the molecule is O=C(OC1CC2CCN1CC2)C(O)(c1ccccc1)c1ccccc1.O=C(OC1CC2CCN1CC2)C(O)(c1ccccc1)c1ccccc1. The molecule has 6 heterocycles. The van der Waals surface area contributed by atoms with Gasteiger partial charge in [0.25, 0.3) is 0 Å². The Morgan fingerprint density at radius 2 is 0.740 bits per heavy atom. The van der Waals surface area contributed by atoms with Crippen LogP contribution >= 0.6 is 0 Å². The molecule has 0 saturated carbocycles. The van der Waals surface area contributed by atoms with E-state index in [2.05, 4.69) is 9.80 Å². The van der Waals surface area contributed by atoms with Crippen LogP contribution < -0.4 is 0 Å². The lowest BCUT2D eigenvalue weighted by Crippen LogP contribution is -2.52. The molecule has 50 heavy (non-hydrogen) atoms. The van der Waals surface area contributed by atoms with Crippen LogP contribution in [0.15, 0.2) is 121 Å². The van der Waals surface area contributed by atoms with Gasteiger partial charge in [0.05, 0.1) is 0 Å². The van der Waals surface area contributed by atoms with E-state index < -0.39 is 23.1 Å². The smallest absolute Gasteiger partial charge is 0.349 e. The van der Waals surface area contributed by atoms with Crippen molar-refractivity contribution >= 4 is 11.9 Å². The van der Waals surface area contributed by atoms with Gasteiger partial charge < -0.3 is 19.7 Å². The van der Waals surface area contributed by atoms with E-state index in [0.29, 0.717) is 34.1 Å². The summed E-state index contributed by atoms with van der Waals surface area (Å²) in [6, 6.07) is 36.2. The molecule has 6 saturated heterocycles. The summed E-state index contributed by atoms with van der Waals surface area (Å²) < 4.78 is 11.7. The van der Waals surface area contributed by atoms with Gasteiger partial charge in [-0.1, -0.05) is 121 Å². The minimum Gasteiger partial charge on any atom is -0.444 e. The highest BCUT2D eigenvalue weighted by molar-refractivity contribution is 5.86. The van der Waals surface area contributed by atoms with Crippen LogP contribution in [-0.4, -0.2) is 70.6 Å². The van der Waals surface area contributed by atoms with Crippen LogP contribution in [-0.2, 0) is 30.3 Å². The Hall–Kier alpha value is -4.34. The zero-order chi connectivity index (χ0) is 34.6. The Morgan fingerprint density at radius 3 is 0.960 bits per heavy atom. The van der Waals surface area contributed by atoms with Gasteiger partial charge in [0, 0.05) is 39.0 Å². The van der Waals surface area contributed by atoms with Gasteiger partial charge in [-0.15, -0.1) is 0 Å². The first kappa shape index (κ1) is 34.1. The van der Waals surface area contributed by atoms with Gasteiger partial charge >= 0.3 is 11.9 Å². The number of benzene rings is 4. The number of piperidine rings is 6. The zero-order valence-corrected chi connectivity index (χ0v) is 28.3. The first-order valence-electron chi connectivity index (χ1n) is 17.9. The van der Waals surface area contributed by atoms with Crippen LogP contribution in [0.1, 0.15) is 60.8 Å². The van der Waals surface area contributed by atoms with Crippen molar-refractivity contribution < 1.29 is 29.3 Å². The third kappa shape index (κ3) is 6.86. The number of carbonyl (C=O) groups is 2. The number of carbonyl (C=O) groups excluding carboxylic acids is 2. The molecule has 260 valence electrons. The van der Waals surface area contributed by atoms with E-state index in [1.54, 1.807) is 48.5 Å². The number of nitrogens with zero attached hydrogens (tertiary/aromatic N) is 2. The summed E-state index contributed by atoms with van der Waals surface area (Å²) in [5.74, 6) is 0.0681. The van der Waals surface area contributed by atoms with Gasteiger partial charge in [-0.3, -0.25) is 9.80 Å². The molecule has 6 aliphatic heterocycles. The van der Waals surface area contributed by atoms with Crippen molar-refractivity contribution in [3.05, 3.63) is 144 Å². The Labute approximate surface area is 294 Å². The van der Waals surface area contributed by atoms with Crippen molar-refractivity contribution in [1.82, 2.24) is 9.80 Å². The maximum atomic E-state index is 13.1. The van der Waals surface area contributed by atoms with Gasteiger partial charge in [-0.25, -0.2) is 9.59 Å². The number of ether oxygens (including phenoxy) is 2. The van der Waals surface area contributed by atoms with E-state index in [1.807, 2.05) is 72.8 Å². The van der Waals surface area contributed by atoms with E-state index in [1.165, 1.54) is 25.7 Å². The summed E-state index contributed by atoms with van der Waals surface area (Å²) >= 11 is 0. The van der Waals surface area contributed by atoms with E-state index in [9.17, 15) is 19.8 Å². The van der Waals surface area contributed by atoms with Crippen LogP contribution in [0, 0.1) is 11.8 Å². The minimum absolute atomic E-state index is 0.223. The largest absolute Gasteiger partial charge is 0.444 e. The molecule has 4 aromatic rings. The average Bonchev–Trinajstić information content (AvgIpc) is 3.19. The highest BCUT2D eigenvalue weighted by atomic mass is 16.6. The Kier molecular flexibility index (Phi) is 10.1. The topological polar surface area (TPSA) is 99.5 Å². The van der Waals surface area contributed by atoms with Crippen molar-refractivity contribution in [3.8, 4) is 0 Å². The first-order valence-corrected chi connectivity index (χ1v) is 17.9. The Bertz CT molecular complexity index is 1500. The molecule has 0 aromatic heterocycles. The monoisotopic (exact) mass is 674 g/mol. The predicted octanol–water partition coefficient (Wildman–Crippen LogP) is 5.82. The Morgan fingerprint density at radius 1 is 0.480 bits per heavy atom. The molecule has 6 fully saturated rings. The van der Waals surface area contributed by atoms with Crippen molar-refractivity contribution in [2.24, 2.45) is 11.8 Å². The number of rotatable bonds is 8. The molecule has 0 radical (unpaired) electrons. The molecule has 0 aliphatic carbocycles. The van der Waals surface area contributed by atoms with Crippen LogP contribution in [0.25, 0.3) is 0 Å². The first-order chi connectivity index (χ1) is 24.4. The van der Waals surface area contributed by atoms with Crippen LogP contribution in [0.3, 0.4) is 0 Å². The molecule has 2 N–H and O–H groups in total. The van der Waals surface area contributed by atoms with E-state index in [0.717, 1.165) is 39.0 Å². The fraction of sp³-hybridized carbons (Fsp3) is 0.381. The lowest BCUT2D eigenvalue weighted by atomic mass is 9.85. The second kappa shape index (κ2) is 14.9. The van der Waals surface area contributed by atoms with E-state index in [-0.39, 0.29) is 12.5 Å². The fourth-order valence-electron chi connectivity index (χ4n) is 8.01. The van der Waals surface area contributed by atoms with Crippen molar-refractivity contribution in [3.63, 3.8) is 0 Å². The number of aliphatic hydroxyl groups is 2. The summed E-state index contributed by atoms with van der Waals surface area (Å²) in [7, 11) is 0. The van der Waals surface area contributed by atoms with Gasteiger partial charge in [-0.05, 0) is 59.8 Å². The second-order valence-corrected chi connectivity index (χ2v) is 14.0. The lowest BCUT2D eigenvalue weighted by molar-refractivity contribution is -0.188. The highest BCUT2D eigenvalue weighted by Gasteiger charge is 2.46. The van der Waals surface area contributed by atoms with Gasteiger partial charge in [0.2, 0.25) is 11.2 Å². The quantitative estimate of drug-likeness (QED) is 0.226. The van der Waals surface area contributed by atoms with Crippen LogP contribution in [0.5, 0.6) is 0 Å². The molecule has 2 atom stereocenters. The number of esters is 2. The van der Waals surface area contributed by atoms with Crippen LogP contribution in [0.4, 0.5) is 0 Å². The number of hydrogen-bond acceptors (Lipinski definition) is 8. The molecule has 10 rings (SSSR count). The van der Waals surface area contributed by atoms with Crippen molar-refractivity contribution in [2.75, 3.05) is 26.2 Å². The van der Waals surface area contributed by atoms with Gasteiger partial charge in [0.15, 0.2) is 12.5 Å². The predicted molar refractivity (Wildman–Crippen MR) is 189 cm³/mol. The highest BCUT2D eigenvalue weighted by Crippen LogP contribution is 2.38. The minimum atomic E-state index is -1.79. The number of fused-ring (bicyclic) bond motifs is 6. The summed E-state index contributed by atoms with van der Waals surface area (Å²) in [6.07, 6.45) is 5.99. The molecule has 8 heteroatoms. The molecular weight excluding hydrogens is 628 g/mol. The van der Waals surface area contributed by atoms with E-state index in [4.69, 9.17) is 9.47 Å². The average molecular weight is 675 g/mol. The molecule has 4 bridgehead atoms. The van der Waals surface area contributed by atoms with Crippen molar-refractivity contribution in [2.45, 2.75) is 62.2 Å². The molecule has 0 spiro atoms. The fourth-order valence-corrected chi connectivity index (χ4v) is 8.01.